The summed E-state index contributed by atoms with van der Waals surface area (Å²) < 4.78 is 20.9. The van der Waals surface area contributed by atoms with Gasteiger partial charge < -0.3 is 34.1 Å². The number of nitrogens with one attached hydrogen (secondary N) is 1. The van der Waals surface area contributed by atoms with E-state index in [2.05, 4.69) is 5.32 Å². The Kier molecular flexibility index (Phi) is 8.61. The van der Waals surface area contributed by atoms with E-state index in [4.69, 9.17) is 18.9 Å². The first-order valence-electron chi connectivity index (χ1n) is 11.7. The number of esters is 2. The summed E-state index contributed by atoms with van der Waals surface area (Å²) in [6, 6.07) is 7.50. The molecule has 10 heteroatoms. The van der Waals surface area contributed by atoms with Crippen LogP contribution in [0, 0.1) is 5.92 Å². The molecule has 0 bridgehead atoms. The number of benzene rings is 1. The van der Waals surface area contributed by atoms with Gasteiger partial charge in [-0.25, -0.2) is 14.4 Å². The van der Waals surface area contributed by atoms with Crippen LogP contribution in [0.3, 0.4) is 0 Å². The number of ether oxygens (including phenoxy) is 4. The molecule has 0 aromatic heterocycles. The lowest BCUT2D eigenvalue weighted by Gasteiger charge is -2.34. The van der Waals surface area contributed by atoms with E-state index >= 15 is 0 Å². The van der Waals surface area contributed by atoms with E-state index in [0.29, 0.717) is 31.2 Å². The molecule has 1 saturated heterocycles. The lowest BCUT2D eigenvalue weighted by atomic mass is 9.97. The van der Waals surface area contributed by atoms with Crippen LogP contribution in [0.15, 0.2) is 35.5 Å². The summed E-state index contributed by atoms with van der Waals surface area (Å²) in [7, 11) is 2.53. The number of piperidine rings is 1. The van der Waals surface area contributed by atoms with Gasteiger partial charge in [-0.3, -0.25) is 0 Å². The summed E-state index contributed by atoms with van der Waals surface area (Å²) in [6.07, 6.45) is 1.42. The van der Waals surface area contributed by atoms with E-state index in [9.17, 15) is 14.4 Å². The largest absolute Gasteiger partial charge is 0.466 e. The Morgan fingerprint density at radius 1 is 1.06 bits per heavy atom. The molecule has 1 aromatic carbocycles. The Balaban J connectivity index is 1.71. The molecular formula is C25H35N3O7. The predicted molar refractivity (Wildman–Crippen MR) is 130 cm³/mol. The normalized spacial score (nSPS) is 17.2. The van der Waals surface area contributed by atoms with Crippen molar-refractivity contribution in [1.82, 2.24) is 4.90 Å². The number of rotatable bonds is 6. The predicted octanol–water partition coefficient (Wildman–Crippen LogP) is 3.14. The Labute approximate surface area is 206 Å². The zero-order chi connectivity index (χ0) is 25.6. The maximum atomic E-state index is 12.6. The quantitative estimate of drug-likeness (QED) is 0.476. The van der Waals surface area contributed by atoms with Crippen LogP contribution in [0.1, 0.15) is 33.6 Å². The van der Waals surface area contributed by atoms with Gasteiger partial charge in [-0.15, -0.1) is 0 Å². The van der Waals surface area contributed by atoms with Crippen LogP contribution in [-0.2, 0) is 28.5 Å². The highest BCUT2D eigenvalue weighted by molar-refractivity contribution is 6.04. The monoisotopic (exact) mass is 489 g/mol. The van der Waals surface area contributed by atoms with Crippen molar-refractivity contribution < 1.29 is 33.3 Å². The summed E-state index contributed by atoms with van der Waals surface area (Å²) in [6.45, 7) is 7.59. The molecule has 35 heavy (non-hydrogen) atoms. The molecule has 0 radical (unpaired) electrons. The maximum Gasteiger partial charge on any atom is 0.410 e. The van der Waals surface area contributed by atoms with Crippen LogP contribution in [-0.4, -0.2) is 75.7 Å². The minimum atomic E-state index is -0.641. The minimum Gasteiger partial charge on any atom is -0.466 e. The van der Waals surface area contributed by atoms with Crippen LogP contribution >= 0.6 is 0 Å². The molecule has 0 spiro atoms. The van der Waals surface area contributed by atoms with E-state index in [1.54, 1.807) is 9.80 Å². The van der Waals surface area contributed by atoms with Crippen molar-refractivity contribution in [3.8, 4) is 0 Å². The van der Waals surface area contributed by atoms with Gasteiger partial charge in [0.1, 0.15) is 18.0 Å². The van der Waals surface area contributed by atoms with Gasteiger partial charge in [-0.1, -0.05) is 12.1 Å². The molecule has 2 aliphatic heterocycles. The third-order valence-electron chi connectivity index (χ3n) is 5.88. The van der Waals surface area contributed by atoms with Gasteiger partial charge in [-0.05, 0) is 51.7 Å². The van der Waals surface area contributed by atoms with E-state index in [1.807, 2.05) is 45.0 Å². The van der Waals surface area contributed by atoms with E-state index in [0.717, 1.165) is 18.5 Å². The van der Waals surface area contributed by atoms with Crippen molar-refractivity contribution in [1.29, 1.82) is 0 Å². The first-order chi connectivity index (χ1) is 16.6. The number of carbonyl (C=O) groups is 3. The molecule has 0 aliphatic carbocycles. The van der Waals surface area contributed by atoms with Crippen molar-refractivity contribution in [2.75, 3.05) is 57.4 Å². The Bertz CT molecular complexity index is 962. The SMILES string of the molecule is COC(=O)C1=C(C(=O)OC)N(c2ccccc2NCC2CCN(C(=O)OC(C)(C)C)CC2)COC1. The highest BCUT2D eigenvalue weighted by Crippen LogP contribution is 2.33. The molecule has 0 unspecified atom stereocenters. The van der Waals surface area contributed by atoms with Gasteiger partial charge in [0.25, 0.3) is 0 Å². The zero-order valence-corrected chi connectivity index (χ0v) is 21.1. The Morgan fingerprint density at radius 2 is 1.71 bits per heavy atom. The number of hydrogen-bond donors (Lipinski definition) is 1. The fourth-order valence-electron chi connectivity index (χ4n) is 4.09. The average Bonchev–Trinajstić information content (AvgIpc) is 2.85. The number of para-hydroxylation sites is 2. The van der Waals surface area contributed by atoms with E-state index in [-0.39, 0.29) is 30.7 Å². The molecule has 1 fully saturated rings. The minimum absolute atomic E-state index is 0.0422. The van der Waals surface area contributed by atoms with Crippen LogP contribution in [0.25, 0.3) is 0 Å². The molecule has 192 valence electrons. The summed E-state index contributed by atoms with van der Waals surface area (Å²) in [5.41, 5.74) is 1.17. The van der Waals surface area contributed by atoms with Crippen molar-refractivity contribution in [2.45, 2.75) is 39.2 Å². The second kappa shape index (κ2) is 11.4. The molecule has 2 heterocycles. The third kappa shape index (κ3) is 6.66. The van der Waals surface area contributed by atoms with Crippen molar-refractivity contribution in [3.05, 3.63) is 35.5 Å². The first kappa shape index (κ1) is 26.3. The second-order valence-electron chi connectivity index (χ2n) is 9.52. The number of likely N-dealkylation sites (tertiary alicyclic amines) is 1. The average molecular weight is 490 g/mol. The number of nitrogens with zero attached hydrogens (tertiary/aromatic N) is 2. The molecule has 0 saturated carbocycles. The fraction of sp³-hybridized carbons (Fsp3) is 0.560. The van der Waals surface area contributed by atoms with E-state index < -0.39 is 17.5 Å². The fourth-order valence-corrected chi connectivity index (χ4v) is 4.09. The lowest BCUT2D eigenvalue weighted by Crippen LogP contribution is -2.42. The molecule has 1 amide bonds. The highest BCUT2D eigenvalue weighted by Gasteiger charge is 2.33. The molecule has 10 nitrogen and oxygen atoms in total. The number of amides is 1. The lowest BCUT2D eigenvalue weighted by molar-refractivity contribution is -0.140. The molecule has 2 aliphatic rings. The van der Waals surface area contributed by atoms with Crippen LogP contribution < -0.4 is 10.2 Å². The maximum absolute atomic E-state index is 12.6. The number of anilines is 2. The topological polar surface area (TPSA) is 107 Å². The molecule has 3 rings (SSSR count). The van der Waals surface area contributed by atoms with Gasteiger partial charge in [0.15, 0.2) is 0 Å². The van der Waals surface area contributed by atoms with Gasteiger partial charge in [0, 0.05) is 19.6 Å². The molecule has 1 N–H and O–H groups in total. The Hall–Kier alpha value is -3.27. The first-order valence-corrected chi connectivity index (χ1v) is 11.7. The van der Waals surface area contributed by atoms with Gasteiger partial charge in [-0.2, -0.15) is 0 Å². The smallest absolute Gasteiger partial charge is 0.410 e. The summed E-state index contributed by atoms with van der Waals surface area (Å²) in [4.78, 5) is 40.6. The van der Waals surface area contributed by atoms with Crippen LogP contribution in [0.4, 0.5) is 16.2 Å². The van der Waals surface area contributed by atoms with Crippen molar-refractivity contribution in [3.63, 3.8) is 0 Å². The number of methoxy groups -OCH3 is 2. The molecule has 0 atom stereocenters. The molecular weight excluding hydrogens is 454 g/mol. The van der Waals surface area contributed by atoms with Crippen molar-refractivity contribution in [2.24, 2.45) is 5.92 Å². The zero-order valence-electron chi connectivity index (χ0n) is 21.1. The van der Waals surface area contributed by atoms with E-state index in [1.165, 1.54) is 14.2 Å². The number of carbonyl (C=O) groups excluding carboxylic acids is 3. The molecule has 1 aromatic rings. The standard InChI is InChI=1S/C25H35N3O7/c1-25(2,3)35-24(31)27-12-10-17(11-13-27)14-26-19-8-6-7-9-20(19)28-16-34-15-18(22(29)32-4)21(28)23(30)33-5/h6-9,17,26H,10-16H2,1-5H3. The van der Waals surface area contributed by atoms with Crippen molar-refractivity contribution >= 4 is 29.4 Å². The third-order valence-corrected chi connectivity index (χ3v) is 5.88. The summed E-state index contributed by atoms with van der Waals surface area (Å²) in [5.74, 6) is -0.920. The summed E-state index contributed by atoms with van der Waals surface area (Å²) in [5, 5.41) is 3.48. The van der Waals surface area contributed by atoms with Crippen LogP contribution in [0.5, 0.6) is 0 Å². The van der Waals surface area contributed by atoms with Crippen LogP contribution in [0.2, 0.25) is 0 Å². The number of hydrogen-bond acceptors (Lipinski definition) is 9. The second-order valence-corrected chi connectivity index (χ2v) is 9.52. The van der Waals surface area contributed by atoms with Gasteiger partial charge in [0.2, 0.25) is 0 Å². The Morgan fingerprint density at radius 3 is 2.34 bits per heavy atom. The van der Waals surface area contributed by atoms with Gasteiger partial charge >= 0.3 is 18.0 Å². The van der Waals surface area contributed by atoms with Gasteiger partial charge in [0.05, 0.1) is 37.8 Å². The summed E-state index contributed by atoms with van der Waals surface area (Å²) >= 11 is 0. The highest BCUT2D eigenvalue weighted by atomic mass is 16.6.